The molecule has 4 atom stereocenters. The first-order valence-corrected chi connectivity index (χ1v) is 17.6. The van der Waals surface area contributed by atoms with Gasteiger partial charge < -0.3 is 19.8 Å². The predicted octanol–water partition coefficient (Wildman–Crippen LogP) is 5.33. The average molecular weight is 633 g/mol. The normalized spacial score (nSPS) is 27.7. The van der Waals surface area contributed by atoms with Crippen LogP contribution in [0.25, 0.3) is 0 Å². The standard InChI is InChI=1S/C33H45ClN2O6S/c1-22-6-5-14-33(20-37,21-38)29-12-9-26(29)18-36-15-4-3-7-24-16-28(34)11-8-27(24)19-42-31-13-10-25(17-30(31)36)32(39)35-43(40,41)23(22)2/h8,10-11,13,16-17,22-23,26,29,37-38H,3-7,9,12,14-15,18-21H2,1-2H3,(H,35,39)/t22-,23+,26-,29+/m0/s1. The van der Waals surface area contributed by atoms with Gasteiger partial charge in [-0.15, -0.1) is 0 Å². The van der Waals surface area contributed by atoms with E-state index in [1.807, 2.05) is 25.1 Å². The minimum Gasteiger partial charge on any atom is -0.487 e. The lowest BCUT2D eigenvalue weighted by molar-refractivity contribution is -0.0664. The van der Waals surface area contributed by atoms with Crippen LogP contribution < -0.4 is 14.4 Å². The van der Waals surface area contributed by atoms with E-state index in [2.05, 4.69) is 9.62 Å². The highest BCUT2D eigenvalue weighted by atomic mass is 35.5. The lowest BCUT2D eigenvalue weighted by atomic mass is 9.57. The molecule has 3 N–H and O–H groups in total. The summed E-state index contributed by atoms with van der Waals surface area (Å²) < 4.78 is 35.2. The fraction of sp³-hybridized carbons (Fsp3) is 0.606. The van der Waals surface area contributed by atoms with Crippen LogP contribution in [0.2, 0.25) is 5.02 Å². The molecule has 1 saturated carbocycles. The number of anilines is 1. The minimum absolute atomic E-state index is 0.104. The molecule has 3 aliphatic rings. The Hall–Kier alpha value is -2.33. The summed E-state index contributed by atoms with van der Waals surface area (Å²) in [6.45, 7) is 5.06. The first-order valence-electron chi connectivity index (χ1n) is 15.6. The summed E-state index contributed by atoms with van der Waals surface area (Å²) in [6.07, 6.45) is 6.56. The Balaban J connectivity index is 1.56. The highest BCUT2D eigenvalue weighted by Crippen LogP contribution is 2.50. The molecule has 1 fully saturated rings. The molecule has 2 aliphatic heterocycles. The molecule has 5 rings (SSSR count). The van der Waals surface area contributed by atoms with Crippen LogP contribution in [0.4, 0.5) is 5.69 Å². The Kier molecular flexibility index (Phi) is 9.96. The van der Waals surface area contributed by atoms with Gasteiger partial charge in [0.05, 0.1) is 24.2 Å². The van der Waals surface area contributed by atoms with Crippen LogP contribution in [0.15, 0.2) is 36.4 Å². The van der Waals surface area contributed by atoms with Gasteiger partial charge in [-0.05, 0) is 111 Å². The van der Waals surface area contributed by atoms with E-state index >= 15 is 0 Å². The van der Waals surface area contributed by atoms with Crippen molar-refractivity contribution in [1.29, 1.82) is 0 Å². The number of carbonyl (C=O) groups excluding carboxylic acids is 1. The third kappa shape index (κ3) is 6.85. The number of amides is 1. The lowest BCUT2D eigenvalue weighted by Crippen LogP contribution is -2.50. The highest BCUT2D eigenvalue weighted by molar-refractivity contribution is 7.90. The number of carbonyl (C=O) groups is 1. The number of hydrogen-bond acceptors (Lipinski definition) is 7. The number of halogens is 1. The van der Waals surface area contributed by atoms with Crippen LogP contribution in [0.5, 0.6) is 5.75 Å². The molecule has 0 saturated heterocycles. The molecule has 2 bridgehead atoms. The summed E-state index contributed by atoms with van der Waals surface area (Å²) in [5.41, 5.74) is 2.61. The molecule has 1 aliphatic carbocycles. The number of benzene rings is 2. The SMILES string of the molecule is C[C@@H]1[C@@H](C)CCCC(CO)(CO)[C@@H]2CC[C@H]2CN2CCCCc3cc(Cl)ccc3COc3ccc(cc32)C(=O)NS1(=O)=O. The Bertz CT molecular complexity index is 1410. The molecule has 1 amide bonds. The smallest absolute Gasteiger partial charge is 0.264 e. The van der Waals surface area contributed by atoms with Crippen LogP contribution in [-0.2, 0) is 23.1 Å². The van der Waals surface area contributed by atoms with E-state index in [-0.39, 0.29) is 36.5 Å². The molecule has 2 heterocycles. The fourth-order valence-corrected chi connectivity index (χ4v) is 8.69. The summed E-state index contributed by atoms with van der Waals surface area (Å²) in [5.74, 6) is 0.170. The maximum atomic E-state index is 13.4. The molecule has 236 valence electrons. The van der Waals surface area contributed by atoms with Gasteiger partial charge in [-0.1, -0.05) is 31.0 Å². The predicted molar refractivity (Wildman–Crippen MR) is 169 cm³/mol. The molecule has 2 aromatic carbocycles. The van der Waals surface area contributed by atoms with E-state index in [4.69, 9.17) is 16.3 Å². The second kappa shape index (κ2) is 13.3. The summed E-state index contributed by atoms with van der Waals surface area (Å²) in [5, 5.41) is 21.1. The maximum absolute atomic E-state index is 13.4. The van der Waals surface area contributed by atoms with E-state index in [1.54, 1.807) is 25.1 Å². The second-order valence-electron chi connectivity index (χ2n) is 13.0. The van der Waals surface area contributed by atoms with Crippen molar-refractivity contribution in [2.45, 2.75) is 77.1 Å². The van der Waals surface area contributed by atoms with Gasteiger partial charge in [-0.2, -0.15) is 0 Å². The van der Waals surface area contributed by atoms with Crippen molar-refractivity contribution in [2.75, 3.05) is 31.2 Å². The zero-order valence-corrected chi connectivity index (χ0v) is 26.8. The summed E-state index contributed by atoms with van der Waals surface area (Å²) in [6, 6.07) is 11.0. The Morgan fingerprint density at radius 2 is 1.81 bits per heavy atom. The average Bonchev–Trinajstić information content (AvgIpc) is 3.00. The van der Waals surface area contributed by atoms with Crippen LogP contribution in [0.3, 0.4) is 0 Å². The summed E-state index contributed by atoms with van der Waals surface area (Å²) in [4.78, 5) is 15.6. The molecule has 10 heteroatoms. The number of hydrogen-bond donors (Lipinski definition) is 3. The van der Waals surface area contributed by atoms with Gasteiger partial charge in [0.1, 0.15) is 12.4 Å². The number of aliphatic hydroxyl groups excluding tert-OH is 2. The van der Waals surface area contributed by atoms with Gasteiger partial charge in [-0.3, -0.25) is 4.79 Å². The van der Waals surface area contributed by atoms with Crippen molar-refractivity contribution in [1.82, 2.24) is 4.72 Å². The van der Waals surface area contributed by atoms with Gasteiger partial charge >= 0.3 is 0 Å². The second-order valence-corrected chi connectivity index (χ2v) is 15.4. The van der Waals surface area contributed by atoms with Crippen molar-refractivity contribution in [3.63, 3.8) is 0 Å². The van der Waals surface area contributed by atoms with Crippen LogP contribution in [0, 0.1) is 23.2 Å². The Morgan fingerprint density at radius 1 is 1.02 bits per heavy atom. The monoisotopic (exact) mass is 632 g/mol. The topological polar surface area (TPSA) is 116 Å². The number of nitrogens with one attached hydrogen (secondary N) is 1. The molecule has 2 aromatic rings. The van der Waals surface area contributed by atoms with Gasteiger partial charge in [-0.25, -0.2) is 13.1 Å². The first-order chi connectivity index (χ1) is 20.6. The van der Waals surface area contributed by atoms with Crippen LogP contribution in [-0.4, -0.2) is 56.1 Å². The summed E-state index contributed by atoms with van der Waals surface area (Å²) >= 11 is 6.32. The Morgan fingerprint density at radius 3 is 2.53 bits per heavy atom. The lowest BCUT2D eigenvalue weighted by Gasteiger charge is -2.51. The van der Waals surface area contributed by atoms with Gasteiger partial charge in [0.25, 0.3) is 5.91 Å². The number of fused-ring (bicyclic) bond motifs is 3. The van der Waals surface area contributed by atoms with Gasteiger partial charge in [0.2, 0.25) is 10.0 Å². The van der Waals surface area contributed by atoms with Gasteiger partial charge in [0.15, 0.2) is 0 Å². The number of rotatable bonds is 2. The van der Waals surface area contributed by atoms with Crippen molar-refractivity contribution in [3.05, 3.63) is 58.1 Å². The van der Waals surface area contributed by atoms with Gasteiger partial charge in [0, 0.05) is 29.1 Å². The highest BCUT2D eigenvalue weighted by Gasteiger charge is 2.47. The van der Waals surface area contributed by atoms with E-state index in [1.165, 1.54) is 0 Å². The zero-order valence-electron chi connectivity index (χ0n) is 25.2. The fourth-order valence-electron chi connectivity index (χ4n) is 7.18. The molecule has 8 nitrogen and oxygen atoms in total. The van der Waals surface area contributed by atoms with Crippen molar-refractivity contribution >= 4 is 33.2 Å². The van der Waals surface area contributed by atoms with Crippen molar-refractivity contribution < 1.29 is 28.2 Å². The van der Waals surface area contributed by atoms with Crippen LogP contribution >= 0.6 is 11.6 Å². The molecule has 0 aromatic heterocycles. The number of aryl methyl sites for hydroxylation is 1. The molecule has 0 spiro atoms. The van der Waals surface area contributed by atoms with E-state index in [0.29, 0.717) is 43.2 Å². The molecule has 0 radical (unpaired) electrons. The molecular formula is C33H45ClN2O6S. The molecule has 43 heavy (non-hydrogen) atoms. The molecule has 0 unspecified atom stereocenters. The minimum atomic E-state index is -3.94. The zero-order chi connectivity index (χ0) is 30.8. The van der Waals surface area contributed by atoms with E-state index in [0.717, 1.165) is 55.5 Å². The van der Waals surface area contributed by atoms with Crippen molar-refractivity contribution in [2.24, 2.45) is 23.2 Å². The third-order valence-corrected chi connectivity index (χ3v) is 12.5. The molecular weight excluding hydrogens is 588 g/mol. The number of aliphatic hydroxyl groups is 2. The maximum Gasteiger partial charge on any atom is 0.264 e. The summed E-state index contributed by atoms with van der Waals surface area (Å²) in [7, 11) is -3.94. The van der Waals surface area contributed by atoms with E-state index < -0.39 is 26.6 Å². The number of nitrogens with zero attached hydrogens (tertiary/aromatic N) is 1. The largest absolute Gasteiger partial charge is 0.487 e. The van der Waals surface area contributed by atoms with Crippen molar-refractivity contribution in [3.8, 4) is 5.75 Å². The number of ether oxygens (including phenoxy) is 1. The Labute approximate surface area is 260 Å². The first kappa shape index (κ1) is 32.1. The van der Waals surface area contributed by atoms with Crippen LogP contribution in [0.1, 0.15) is 80.3 Å². The third-order valence-electron chi connectivity index (χ3n) is 10.4. The van der Waals surface area contributed by atoms with E-state index in [9.17, 15) is 23.4 Å². The quantitative estimate of drug-likeness (QED) is 0.410. The number of sulfonamides is 1.